The van der Waals surface area contributed by atoms with Crippen LogP contribution >= 0.6 is 15.9 Å². The summed E-state index contributed by atoms with van der Waals surface area (Å²) in [5.74, 6) is 2.06. The molecule has 2 nitrogen and oxygen atoms in total. The van der Waals surface area contributed by atoms with Crippen LogP contribution in [0.4, 0.5) is 5.82 Å². The molecule has 0 aliphatic carbocycles. The Morgan fingerprint density at radius 2 is 2.12 bits per heavy atom. The predicted octanol–water partition coefficient (Wildman–Crippen LogP) is 3.78. The fraction of sp³-hybridized carbons (Fsp3) is 0.615. The van der Waals surface area contributed by atoms with E-state index >= 15 is 0 Å². The van der Waals surface area contributed by atoms with E-state index in [4.69, 9.17) is 0 Å². The van der Waals surface area contributed by atoms with E-state index in [2.05, 4.69) is 45.7 Å². The molecule has 0 spiro atoms. The van der Waals surface area contributed by atoms with Gasteiger partial charge in [-0.15, -0.1) is 0 Å². The summed E-state index contributed by atoms with van der Waals surface area (Å²) in [6.45, 7) is 6.73. The Labute approximate surface area is 106 Å². The minimum absolute atomic E-state index is 0.924. The average Bonchev–Trinajstić information content (AvgIpc) is 2.33. The van der Waals surface area contributed by atoms with Gasteiger partial charge in [0.15, 0.2) is 0 Å². The Kier molecular flexibility index (Phi) is 3.85. The number of rotatable bonds is 2. The maximum Gasteiger partial charge on any atom is 0.128 e. The Morgan fingerprint density at radius 1 is 1.44 bits per heavy atom. The van der Waals surface area contributed by atoms with E-state index in [0.717, 1.165) is 29.3 Å². The second-order valence-electron chi connectivity index (χ2n) is 4.63. The van der Waals surface area contributed by atoms with Crippen molar-refractivity contribution in [3.63, 3.8) is 0 Å². The minimum atomic E-state index is 0.924. The number of aryl methyl sites for hydroxylation is 1. The molecule has 0 unspecified atom stereocenters. The smallest absolute Gasteiger partial charge is 0.128 e. The van der Waals surface area contributed by atoms with Crippen molar-refractivity contribution in [1.82, 2.24) is 4.98 Å². The van der Waals surface area contributed by atoms with Gasteiger partial charge in [0.05, 0.1) is 0 Å². The van der Waals surface area contributed by atoms with Crippen molar-refractivity contribution < 1.29 is 0 Å². The second kappa shape index (κ2) is 5.17. The molecule has 1 aromatic heterocycles. The fourth-order valence-electron chi connectivity index (χ4n) is 2.27. The summed E-state index contributed by atoms with van der Waals surface area (Å²) in [6, 6.07) is 2.18. The van der Waals surface area contributed by atoms with E-state index in [0.29, 0.717) is 0 Å². The highest BCUT2D eigenvalue weighted by atomic mass is 79.9. The Bertz CT molecular complexity index is 357. The number of piperidine rings is 1. The molecule has 0 bridgehead atoms. The maximum atomic E-state index is 4.49. The van der Waals surface area contributed by atoms with E-state index in [-0.39, 0.29) is 0 Å². The number of anilines is 1. The Balaban J connectivity index is 2.05. The summed E-state index contributed by atoms with van der Waals surface area (Å²) >= 11 is 3.49. The van der Waals surface area contributed by atoms with Crippen LogP contribution in [0.25, 0.3) is 0 Å². The van der Waals surface area contributed by atoms with Crippen LogP contribution in [0, 0.1) is 12.8 Å². The van der Waals surface area contributed by atoms with Gasteiger partial charge in [0, 0.05) is 23.8 Å². The molecule has 2 heterocycles. The van der Waals surface area contributed by atoms with Gasteiger partial charge in [-0.25, -0.2) is 4.98 Å². The molecular formula is C13H19BrN2. The average molecular weight is 283 g/mol. The van der Waals surface area contributed by atoms with E-state index < -0.39 is 0 Å². The monoisotopic (exact) mass is 282 g/mol. The van der Waals surface area contributed by atoms with E-state index in [9.17, 15) is 0 Å². The van der Waals surface area contributed by atoms with Crippen LogP contribution in [0.15, 0.2) is 16.7 Å². The third-order valence-corrected chi connectivity index (χ3v) is 4.38. The highest BCUT2D eigenvalue weighted by Crippen LogP contribution is 2.25. The Morgan fingerprint density at radius 3 is 2.69 bits per heavy atom. The zero-order valence-corrected chi connectivity index (χ0v) is 11.6. The first-order chi connectivity index (χ1) is 7.70. The van der Waals surface area contributed by atoms with E-state index in [1.165, 1.54) is 24.8 Å². The Hall–Kier alpha value is -0.570. The van der Waals surface area contributed by atoms with Crippen LogP contribution in [0.2, 0.25) is 0 Å². The summed E-state index contributed by atoms with van der Waals surface area (Å²) in [5.41, 5.74) is 1.27. The van der Waals surface area contributed by atoms with Crippen molar-refractivity contribution in [2.45, 2.75) is 33.1 Å². The SMILES string of the molecule is CCC1CCN(c2cc(C)c(Br)cn2)CC1. The number of nitrogens with zero attached hydrogens (tertiary/aromatic N) is 2. The highest BCUT2D eigenvalue weighted by Gasteiger charge is 2.18. The summed E-state index contributed by atoms with van der Waals surface area (Å²) in [5, 5.41) is 0. The quantitative estimate of drug-likeness (QED) is 0.821. The molecule has 1 aliphatic heterocycles. The molecule has 1 fully saturated rings. The van der Waals surface area contributed by atoms with Gasteiger partial charge in [-0.05, 0) is 53.2 Å². The molecule has 16 heavy (non-hydrogen) atoms. The normalized spacial score (nSPS) is 17.8. The van der Waals surface area contributed by atoms with Crippen LogP contribution in [0.3, 0.4) is 0 Å². The molecule has 1 aromatic rings. The van der Waals surface area contributed by atoms with Crippen molar-refractivity contribution in [2.24, 2.45) is 5.92 Å². The number of pyridine rings is 1. The van der Waals surface area contributed by atoms with Gasteiger partial charge in [-0.1, -0.05) is 13.3 Å². The third-order valence-electron chi connectivity index (χ3n) is 3.55. The van der Waals surface area contributed by atoms with Crippen molar-refractivity contribution in [2.75, 3.05) is 18.0 Å². The van der Waals surface area contributed by atoms with Crippen LogP contribution in [-0.2, 0) is 0 Å². The number of halogens is 1. The lowest BCUT2D eigenvalue weighted by atomic mass is 9.94. The van der Waals surface area contributed by atoms with E-state index in [1.54, 1.807) is 0 Å². The maximum absolute atomic E-state index is 4.49. The third kappa shape index (κ3) is 2.57. The molecular weight excluding hydrogens is 264 g/mol. The van der Waals surface area contributed by atoms with Crippen LogP contribution in [0.5, 0.6) is 0 Å². The van der Waals surface area contributed by atoms with Gasteiger partial charge in [0.2, 0.25) is 0 Å². The van der Waals surface area contributed by atoms with Gasteiger partial charge < -0.3 is 4.90 Å². The highest BCUT2D eigenvalue weighted by molar-refractivity contribution is 9.10. The fourth-order valence-corrected chi connectivity index (χ4v) is 2.48. The molecule has 2 rings (SSSR count). The number of hydrogen-bond acceptors (Lipinski definition) is 2. The van der Waals surface area contributed by atoms with Gasteiger partial charge in [-0.3, -0.25) is 0 Å². The number of aromatic nitrogens is 1. The van der Waals surface area contributed by atoms with Gasteiger partial charge in [-0.2, -0.15) is 0 Å². The minimum Gasteiger partial charge on any atom is -0.357 e. The summed E-state index contributed by atoms with van der Waals surface area (Å²) in [4.78, 5) is 6.90. The summed E-state index contributed by atoms with van der Waals surface area (Å²) in [7, 11) is 0. The van der Waals surface area contributed by atoms with Crippen LogP contribution in [-0.4, -0.2) is 18.1 Å². The van der Waals surface area contributed by atoms with Gasteiger partial charge >= 0.3 is 0 Å². The predicted molar refractivity (Wildman–Crippen MR) is 71.9 cm³/mol. The molecule has 88 valence electrons. The van der Waals surface area contributed by atoms with Crippen LogP contribution in [0.1, 0.15) is 31.7 Å². The number of hydrogen-bond donors (Lipinski definition) is 0. The van der Waals surface area contributed by atoms with E-state index in [1.807, 2.05) is 6.20 Å². The molecule has 1 aliphatic rings. The van der Waals surface area contributed by atoms with Crippen molar-refractivity contribution in [3.8, 4) is 0 Å². The molecule has 0 radical (unpaired) electrons. The second-order valence-corrected chi connectivity index (χ2v) is 5.48. The van der Waals surface area contributed by atoms with Crippen molar-refractivity contribution >= 4 is 21.7 Å². The lowest BCUT2D eigenvalue weighted by Gasteiger charge is -2.32. The first-order valence-corrected chi connectivity index (χ1v) is 6.87. The zero-order valence-electron chi connectivity index (χ0n) is 10.0. The first-order valence-electron chi connectivity index (χ1n) is 6.07. The standard InChI is InChI=1S/C13H19BrN2/c1-3-11-4-6-16(7-5-11)13-8-10(2)12(14)9-15-13/h8-9,11H,3-7H2,1-2H3. The molecule has 0 amide bonds. The molecule has 0 atom stereocenters. The lowest BCUT2D eigenvalue weighted by molar-refractivity contribution is 0.393. The molecule has 1 saturated heterocycles. The topological polar surface area (TPSA) is 16.1 Å². The lowest BCUT2D eigenvalue weighted by Crippen LogP contribution is -2.34. The summed E-state index contributed by atoms with van der Waals surface area (Å²) in [6.07, 6.45) is 5.86. The first kappa shape index (κ1) is 11.9. The molecule has 0 aromatic carbocycles. The zero-order chi connectivity index (χ0) is 11.5. The largest absolute Gasteiger partial charge is 0.357 e. The van der Waals surface area contributed by atoms with Gasteiger partial charge in [0.25, 0.3) is 0 Å². The molecule has 3 heteroatoms. The molecule has 0 saturated carbocycles. The van der Waals surface area contributed by atoms with Crippen molar-refractivity contribution in [1.29, 1.82) is 0 Å². The van der Waals surface area contributed by atoms with Crippen molar-refractivity contribution in [3.05, 3.63) is 22.3 Å². The van der Waals surface area contributed by atoms with Gasteiger partial charge in [0.1, 0.15) is 5.82 Å². The summed E-state index contributed by atoms with van der Waals surface area (Å²) < 4.78 is 1.10. The van der Waals surface area contributed by atoms with Crippen LogP contribution < -0.4 is 4.90 Å². The molecule has 0 N–H and O–H groups in total.